The Bertz CT molecular complexity index is 623. The van der Waals surface area contributed by atoms with Gasteiger partial charge in [-0.1, -0.05) is 11.6 Å². The number of thioether (sulfide) groups is 1. The first-order chi connectivity index (χ1) is 11.8. The number of carbonyl (C=O) groups excluding carboxylic acids is 1. The van der Waals surface area contributed by atoms with Crippen molar-refractivity contribution in [1.29, 1.82) is 0 Å². The first kappa shape index (κ1) is 16.9. The summed E-state index contributed by atoms with van der Waals surface area (Å²) in [5, 5.41) is 25.4. The van der Waals surface area contributed by atoms with E-state index in [-0.39, 0.29) is 5.91 Å². The summed E-state index contributed by atoms with van der Waals surface area (Å²) >= 11 is 1.53. The van der Waals surface area contributed by atoms with E-state index >= 15 is 0 Å². The second-order valence-electron chi connectivity index (χ2n) is 5.71. The van der Waals surface area contributed by atoms with Crippen LogP contribution in [-0.4, -0.2) is 61.2 Å². The van der Waals surface area contributed by atoms with Gasteiger partial charge in [-0.15, -0.1) is 22.0 Å². The number of hydrogen-bond acceptors (Lipinski definition) is 7. The summed E-state index contributed by atoms with van der Waals surface area (Å²) in [5.41, 5.74) is 0.359. The molecule has 1 saturated heterocycles. The van der Waals surface area contributed by atoms with Crippen molar-refractivity contribution in [2.75, 3.05) is 18.8 Å². The monoisotopic (exact) mass is 350 g/mol. The van der Waals surface area contributed by atoms with Crippen molar-refractivity contribution in [2.24, 2.45) is 0 Å². The molecule has 9 nitrogen and oxygen atoms in total. The molecular formula is C14H22N8OS. The second-order valence-corrected chi connectivity index (χ2v) is 6.83. The van der Waals surface area contributed by atoms with Crippen LogP contribution in [0.4, 0.5) is 0 Å². The van der Waals surface area contributed by atoms with Crippen molar-refractivity contribution in [3.63, 3.8) is 0 Å². The summed E-state index contributed by atoms with van der Waals surface area (Å²) in [6, 6.07) is 0.550. The maximum Gasteiger partial charge on any atom is 0.273 e. The van der Waals surface area contributed by atoms with Gasteiger partial charge in [0.1, 0.15) is 5.03 Å². The Labute approximate surface area is 144 Å². The molecule has 24 heavy (non-hydrogen) atoms. The molecule has 2 aromatic heterocycles. The summed E-state index contributed by atoms with van der Waals surface area (Å²) in [5.74, 6) is 0.525. The zero-order valence-corrected chi connectivity index (χ0v) is 14.3. The number of aromatic nitrogens is 6. The van der Waals surface area contributed by atoms with Crippen LogP contribution in [0.25, 0.3) is 0 Å². The Kier molecular flexibility index (Phi) is 6.19. The number of H-pyrrole nitrogens is 1. The van der Waals surface area contributed by atoms with Crippen LogP contribution in [0.2, 0.25) is 0 Å². The van der Waals surface area contributed by atoms with E-state index in [1.165, 1.54) is 31.0 Å². The lowest BCUT2D eigenvalue weighted by atomic mass is 10.0. The van der Waals surface area contributed by atoms with Crippen molar-refractivity contribution >= 4 is 17.7 Å². The van der Waals surface area contributed by atoms with E-state index in [2.05, 4.69) is 36.4 Å². The van der Waals surface area contributed by atoms with Gasteiger partial charge in [0.15, 0.2) is 5.69 Å². The molecule has 1 fully saturated rings. The number of amides is 1. The Balaban J connectivity index is 1.36. The van der Waals surface area contributed by atoms with Gasteiger partial charge < -0.3 is 10.6 Å². The third-order valence-corrected chi connectivity index (χ3v) is 4.82. The smallest absolute Gasteiger partial charge is 0.273 e. The van der Waals surface area contributed by atoms with Crippen LogP contribution in [0, 0.1) is 0 Å². The highest BCUT2D eigenvalue weighted by atomic mass is 32.2. The first-order valence-electron chi connectivity index (χ1n) is 8.21. The molecule has 0 aromatic carbocycles. The molecule has 1 atom stereocenters. The predicted molar refractivity (Wildman–Crippen MR) is 89.7 cm³/mol. The largest absolute Gasteiger partial charge is 0.350 e. The number of nitrogens with zero attached hydrogens (tertiary/aromatic N) is 5. The number of rotatable bonds is 8. The number of hydrogen-bond donors (Lipinski definition) is 3. The lowest BCUT2D eigenvalue weighted by Crippen LogP contribution is -2.34. The highest BCUT2D eigenvalue weighted by Crippen LogP contribution is 2.12. The molecule has 3 heterocycles. The maximum atomic E-state index is 12.0. The molecule has 0 spiro atoms. The zero-order chi connectivity index (χ0) is 16.6. The molecular weight excluding hydrogens is 328 g/mol. The molecule has 130 valence electrons. The van der Waals surface area contributed by atoms with Crippen LogP contribution >= 0.6 is 11.8 Å². The molecule has 0 aliphatic carbocycles. The van der Waals surface area contributed by atoms with Gasteiger partial charge in [0, 0.05) is 24.9 Å². The minimum absolute atomic E-state index is 0.196. The first-order valence-corrected chi connectivity index (χ1v) is 9.20. The Morgan fingerprint density at radius 3 is 3.21 bits per heavy atom. The molecule has 1 aliphatic heterocycles. The average Bonchev–Trinajstić information content (AvgIpc) is 3.29. The minimum Gasteiger partial charge on any atom is -0.350 e. The van der Waals surface area contributed by atoms with E-state index in [1.807, 2.05) is 0 Å². The van der Waals surface area contributed by atoms with Crippen molar-refractivity contribution in [3.05, 3.63) is 18.1 Å². The summed E-state index contributed by atoms with van der Waals surface area (Å²) in [4.78, 5) is 12.0. The van der Waals surface area contributed by atoms with Crippen molar-refractivity contribution in [3.8, 4) is 0 Å². The molecule has 3 N–H and O–H groups in total. The number of nitrogens with one attached hydrogen (secondary N) is 3. The van der Waals surface area contributed by atoms with Crippen LogP contribution in [-0.2, 0) is 6.54 Å². The molecule has 10 heteroatoms. The predicted octanol–water partition coefficient (Wildman–Crippen LogP) is 0.450. The van der Waals surface area contributed by atoms with Gasteiger partial charge in [0.25, 0.3) is 5.91 Å². The molecule has 3 rings (SSSR count). The topological polar surface area (TPSA) is 113 Å². The van der Waals surface area contributed by atoms with Crippen LogP contribution < -0.4 is 10.6 Å². The van der Waals surface area contributed by atoms with E-state index in [1.54, 1.807) is 17.1 Å². The lowest BCUT2D eigenvalue weighted by Gasteiger charge is -2.23. The fourth-order valence-electron chi connectivity index (χ4n) is 2.64. The third-order valence-electron chi connectivity index (χ3n) is 3.92. The van der Waals surface area contributed by atoms with Crippen LogP contribution in [0.3, 0.4) is 0 Å². The quantitative estimate of drug-likeness (QED) is 0.468. The maximum absolute atomic E-state index is 12.0. The number of aryl methyl sites for hydroxylation is 1. The van der Waals surface area contributed by atoms with Crippen molar-refractivity contribution in [2.45, 2.75) is 43.3 Å². The lowest BCUT2D eigenvalue weighted by molar-refractivity contribution is 0.0951. The Hall–Kier alpha value is -1.94. The fraction of sp³-hybridized carbons (Fsp3) is 0.643. The standard InChI is InChI=1S/C14H22N8OS/c23-14(16-6-8-24-13-9-17-20-19-13)12-10-22(21-18-12)7-4-11-3-1-2-5-15-11/h9-11,15H,1-8H2,(H,16,23)(H,17,19,20)/t11-/m1/s1. The molecule has 2 aromatic rings. The Morgan fingerprint density at radius 1 is 1.46 bits per heavy atom. The summed E-state index contributed by atoms with van der Waals surface area (Å²) in [7, 11) is 0. The van der Waals surface area contributed by atoms with Crippen molar-refractivity contribution in [1.82, 2.24) is 41.0 Å². The van der Waals surface area contributed by atoms with E-state index in [0.29, 0.717) is 18.3 Å². The Morgan fingerprint density at radius 2 is 2.42 bits per heavy atom. The van der Waals surface area contributed by atoms with Gasteiger partial charge in [-0.3, -0.25) is 9.48 Å². The molecule has 0 radical (unpaired) electrons. The molecule has 0 unspecified atom stereocenters. The van der Waals surface area contributed by atoms with E-state index < -0.39 is 0 Å². The van der Waals surface area contributed by atoms with E-state index in [4.69, 9.17) is 0 Å². The molecule has 0 saturated carbocycles. The zero-order valence-electron chi connectivity index (χ0n) is 13.4. The van der Waals surface area contributed by atoms with Crippen molar-refractivity contribution < 1.29 is 4.79 Å². The average molecular weight is 350 g/mol. The highest BCUT2D eigenvalue weighted by molar-refractivity contribution is 7.99. The van der Waals surface area contributed by atoms with Crippen LogP contribution in [0.1, 0.15) is 36.2 Å². The molecule has 1 amide bonds. The normalized spacial score (nSPS) is 17.8. The second kappa shape index (κ2) is 8.78. The number of carbonyl (C=O) groups is 1. The SMILES string of the molecule is O=C(NCCSc1cn[nH]n1)c1cn(CC[C@H]2CCCCN2)nn1. The molecule has 1 aliphatic rings. The molecule has 0 bridgehead atoms. The van der Waals surface area contributed by atoms with Crippen LogP contribution in [0.15, 0.2) is 17.4 Å². The van der Waals surface area contributed by atoms with Gasteiger partial charge in [0.2, 0.25) is 0 Å². The fourth-order valence-corrected chi connectivity index (χ4v) is 3.29. The van der Waals surface area contributed by atoms with Gasteiger partial charge in [-0.2, -0.15) is 10.3 Å². The van der Waals surface area contributed by atoms with Crippen LogP contribution in [0.5, 0.6) is 0 Å². The number of piperidine rings is 1. The minimum atomic E-state index is -0.196. The summed E-state index contributed by atoms with van der Waals surface area (Å²) in [6.07, 6.45) is 8.14. The van der Waals surface area contributed by atoms with Gasteiger partial charge in [-0.05, 0) is 25.8 Å². The summed E-state index contributed by atoms with van der Waals surface area (Å²) in [6.45, 7) is 2.41. The third kappa shape index (κ3) is 5.03. The van der Waals surface area contributed by atoms with E-state index in [0.717, 1.165) is 30.3 Å². The van der Waals surface area contributed by atoms with E-state index in [9.17, 15) is 4.79 Å². The van der Waals surface area contributed by atoms with Gasteiger partial charge >= 0.3 is 0 Å². The number of aromatic amines is 1. The van der Waals surface area contributed by atoms with Gasteiger partial charge in [0.05, 0.1) is 12.4 Å². The summed E-state index contributed by atoms with van der Waals surface area (Å²) < 4.78 is 1.75. The van der Waals surface area contributed by atoms with Gasteiger partial charge in [-0.25, -0.2) is 0 Å². The highest BCUT2D eigenvalue weighted by Gasteiger charge is 2.14.